The Labute approximate surface area is 151 Å². The molecule has 24 heavy (non-hydrogen) atoms. The lowest BCUT2D eigenvalue weighted by Crippen LogP contribution is -2.02. The maximum absolute atomic E-state index is 2.55. The Morgan fingerprint density at radius 3 is 2.21 bits per heavy atom. The molecule has 1 saturated carbocycles. The van der Waals surface area contributed by atoms with Gasteiger partial charge in [-0.3, -0.25) is 0 Å². The summed E-state index contributed by atoms with van der Waals surface area (Å²) in [6, 6.07) is 9.11. The van der Waals surface area contributed by atoms with Crippen molar-refractivity contribution in [2.75, 3.05) is 0 Å². The number of benzene rings is 1. The van der Waals surface area contributed by atoms with Gasteiger partial charge in [-0.2, -0.15) is 0 Å². The molecule has 0 aromatic heterocycles. The monoisotopic (exact) mass is 326 g/mol. The maximum Gasteiger partial charge on any atom is -0.00813 e. The van der Waals surface area contributed by atoms with Gasteiger partial charge < -0.3 is 0 Å². The lowest BCUT2D eigenvalue weighted by atomic mass is 9.86. The van der Waals surface area contributed by atoms with Crippen LogP contribution in [0.3, 0.4) is 0 Å². The first kappa shape index (κ1) is 20.7. The summed E-state index contributed by atoms with van der Waals surface area (Å²) < 4.78 is 0. The Balaban J connectivity index is 0.000000436. The van der Waals surface area contributed by atoms with Crippen molar-refractivity contribution < 1.29 is 0 Å². The van der Waals surface area contributed by atoms with Crippen molar-refractivity contribution in [1.82, 2.24) is 0 Å². The highest BCUT2D eigenvalue weighted by Gasteiger charge is 2.45. The van der Waals surface area contributed by atoms with E-state index in [9.17, 15) is 0 Å². The first-order valence-corrected chi connectivity index (χ1v) is 10.4. The number of hydrogen-bond donors (Lipinski definition) is 0. The van der Waals surface area contributed by atoms with Gasteiger partial charge in [-0.05, 0) is 66.2 Å². The van der Waals surface area contributed by atoms with Crippen LogP contribution in [0, 0.1) is 11.8 Å². The van der Waals surface area contributed by atoms with Crippen LogP contribution in [0.1, 0.15) is 85.3 Å². The molecule has 3 aliphatic carbocycles. The van der Waals surface area contributed by atoms with Crippen LogP contribution >= 0.6 is 0 Å². The Kier molecular flexibility index (Phi) is 9.11. The molecule has 0 bridgehead atoms. The molecule has 2 atom stereocenters. The average Bonchev–Trinajstić information content (AvgIpc) is 3.48. The van der Waals surface area contributed by atoms with Crippen LogP contribution in [0.2, 0.25) is 0 Å². The molecule has 0 heteroatoms. The van der Waals surface area contributed by atoms with Gasteiger partial charge in [-0.1, -0.05) is 84.4 Å². The third-order valence-corrected chi connectivity index (χ3v) is 4.95. The van der Waals surface area contributed by atoms with Crippen molar-refractivity contribution in [1.29, 1.82) is 0 Å². The van der Waals surface area contributed by atoms with Crippen molar-refractivity contribution in [3.63, 3.8) is 0 Å². The van der Waals surface area contributed by atoms with Crippen LogP contribution in [0.5, 0.6) is 0 Å². The molecule has 0 amide bonds. The average molecular weight is 327 g/mol. The number of hydrogen-bond acceptors (Lipinski definition) is 0. The standard InChI is InChI=1S/C18H20.3C2H6/c1-2-12-10-14-8-5-7-13-6-3-4-9-15(13)18(14)17-11-16(12)17;3*1-2/h3-4,6,9-10,16-17H,2,5,7-8,11H2,1H3;3*1-2H3. The molecule has 0 heterocycles. The molecule has 1 fully saturated rings. The minimum absolute atomic E-state index is 0.860. The minimum atomic E-state index is 0.860. The van der Waals surface area contributed by atoms with E-state index in [4.69, 9.17) is 0 Å². The van der Waals surface area contributed by atoms with Gasteiger partial charge in [-0.15, -0.1) is 0 Å². The smallest absolute Gasteiger partial charge is 0.00813 e. The van der Waals surface area contributed by atoms with Crippen molar-refractivity contribution in [2.24, 2.45) is 11.8 Å². The zero-order valence-corrected chi connectivity index (χ0v) is 17.1. The van der Waals surface area contributed by atoms with Gasteiger partial charge in [0, 0.05) is 0 Å². The number of rotatable bonds is 1. The van der Waals surface area contributed by atoms with Crippen LogP contribution < -0.4 is 0 Å². The summed E-state index contributed by atoms with van der Waals surface area (Å²) in [5.74, 6) is 1.75. The van der Waals surface area contributed by atoms with Gasteiger partial charge in [0.15, 0.2) is 0 Å². The molecule has 3 aliphatic rings. The van der Waals surface area contributed by atoms with Crippen molar-refractivity contribution in [3.05, 3.63) is 52.6 Å². The maximum atomic E-state index is 2.55. The molecule has 1 aromatic carbocycles. The van der Waals surface area contributed by atoms with Crippen molar-refractivity contribution >= 4 is 5.57 Å². The van der Waals surface area contributed by atoms with E-state index in [0.717, 1.165) is 11.8 Å². The first-order chi connectivity index (χ1) is 11.9. The van der Waals surface area contributed by atoms with Crippen LogP contribution in [0.15, 0.2) is 41.5 Å². The topological polar surface area (TPSA) is 0 Å². The van der Waals surface area contributed by atoms with Crippen molar-refractivity contribution in [3.8, 4) is 0 Å². The molecular formula is C24H38. The van der Waals surface area contributed by atoms with E-state index < -0.39 is 0 Å². The normalized spacial score (nSPS) is 22.4. The molecule has 0 saturated heterocycles. The third kappa shape index (κ3) is 4.21. The van der Waals surface area contributed by atoms with E-state index in [1.165, 1.54) is 32.1 Å². The molecule has 0 aliphatic heterocycles. The molecule has 1 aromatic rings. The van der Waals surface area contributed by atoms with Gasteiger partial charge >= 0.3 is 0 Å². The van der Waals surface area contributed by atoms with Crippen LogP contribution in [-0.2, 0) is 6.42 Å². The fourth-order valence-corrected chi connectivity index (χ4v) is 3.98. The van der Waals surface area contributed by atoms with E-state index in [1.54, 1.807) is 27.8 Å². The molecule has 0 spiro atoms. The summed E-state index contributed by atoms with van der Waals surface area (Å²) in [6.07, 6.45) is 9.07. The molecule has 2 unspecified atom stereocenters. The predicted octanol–water partition coefficient (Wildman–Crippen LogP) is 7.84. The van der Waals surface area contributed by atoms with E-state index in [2.05, 4.69) is 37.3 Å². The first-order valence-electron chi connectivity index (χ1n) is 10.4. The zero-order valence-electron chi connectivity index (χ0n) is 17.1. The Hall–Kier alpha value is -1.30. The number of aryl methyl sites for hydroxylation is 1. The van der Waals surface area contributed by atoms with Gasteiger partial charge in [-0.25, -0.2) is 0 Å². The van der Waals surface area contributed by atoms with E-state index in [1.807, 2.05) is 41.5 Å². The molecule has 0 radical (unpaired) electrons. The largest absolute Gasteiger partial charge is 0.0683 e. The lowest BCUT2D eigenvalue weighted by Gasteiger charge is -2.19. The van der Waals surface area contributed by atoms with Gasteiger partial charge in [0.05, 0.1) is 0 Å². The van der Waals surface area contributed by atoms with Gasteiger partial charge in [0.25, 0.3) is 0 Å². The second-order valence-corrected chi connectivity index (χ2v) is 5.97. The van der Waals surface area contributed by atoms with Crippen LogP contribution in [-0.4, -0.2) is 0 Å². The minimum Gasteiger partial charge on any atom is -0.0683 e. The van der Waals surface area contributed by atoms with E-state index in [-0.39, 0.29) is 0 Å². The van der Waals surface area contributed by atoms with E-state index >= 15 is 0 Å². The highest BCUT2D eigenvalue weighted by molar-refractivity contribution is 5.79. The Morgan fingerprint density at radius 2 is 1.54 bits per heavy atom. The van der Waals surface area contributed by atoms with Gasteiger partial charge in [0.1, 0.15) is 0 Å². The fraction of sp³-hybridized carbons (Fsp3) is 0.583. The summed E-state index contributed by atoms with van der Waals surface area (Å²) in [4.78, 5) is 0. The van der Waals surface area contributed by atoms with Gasteiger partial charge in [0.2, 0.25) is 0 Å². The predicted molar refractivity (Wildman–Crippen MR) is 110 cm³/mol. The van der Waals surface area contributed by atoms with Crippen molar-refractivity contribution in [2.45, 2.75) is 80.6 Å². The molecule has 0 N–H and O–H groups in total. The molecular weight excluding hydrogens is 288 g/mol. The fourth-order valence-electron chi connectivity index (χ4n) is 3.98. The third-order valence-electron chi connectivity index (χ3n) is 4.95. The van der Waals surface area contributed by atoms with Crippen LogP contribution in [0.25, 0.3) is 5.57 Å². The Bertz CT molecular complexity index is 559. The summed E-state index contributed by atoms with van der Waals surface area (Å²) >= 11 is 0. The number of allylic oxidation sites excluding steroid dienone is 4. The molecule has 134 valence electrons. The second kappa shape index (κ2) is 10.5. The molecule has 0 nitrogen and oxygen atoms in total. The van der Waals surface area contributed by atoms with E-state index in [0.29, 0.717) is 0 Å². The van der Waals surface area contributed by atoms with Crippen LogP contribution in [0.4, 0.5) is 0 Å². The summed E-state index contributed by atoms with van der Waals surface area (Å²) in [5.41, 5.74) is 8.25. The summed E-state index contributed by atoms with van der Waals surface area (Å²) in [5, 5.41) is 0. The summed E-state index contributed by atoms with van der Waals surface area (Å²) in [7, 11) is 0. The quantitative estimate of drug-likeness (QED) is 0.493. The highest BCUT2D eigenvalue weighted by atomic mass is 14.5. The Morgan fingerprint density at radius 1 is 0.875 bits per heavy atom. The highest BCUT2D eigenvalue weighted by Crippen LogP contribution is 2.58. The number of fused-ring (bicyclic) bond motifs is 4. The molecule has 4 rings (SSSR count). The lowest BCUT2D eigenvalue weighted by molar-refractivity contribution is 0.809. The SMILES string of the molecule is CC.CC.CC.CCC1=CC2=C(c3ccccc3CCC2)C2CC12. The second-order valence-electron chi connectivity index (χ2n) is 5.97. The summed E-state index contributed by atoms with van der Waals surface area (Å²) in [6.45, 7) is 14.3. The zero-order chi connectivity index (χ0) is 18.1.